The maximum atomic E-state index is 6.17. The fourth-order valence-corrected chi connectivity index (χ4v) is 9.05. The second kappa shape index (κ2) is 11.1. The van der Waals surface area contributed by atoms with Gasteiger partial charge in [-0.1, -0.05) is 153 Å². The van der Waals surface area contributed by atoms with Crippen molar-refractivity contribution in [3.63, 3.8) is 0 Å². The molecule has 1 aliphatic carbocycles. The standard InChI is InChI=1S/C47H33NOS/c1-47(2)39-14-8-6-12-35(39)36-25-24-34(26-40(36)47)45(31-18-16-30(17-19-31)29-10-4-3-5-11-29)32-20-22-33(23-21-32)46-48-41-27-38-37-13-7-9-15-42(37)49-43(38)28-44(41)50-46/h3-28,45H,1-2H3. The Labute approximate surface area is 295 Å². The summed E-state index contributed by atoms with van der Waals surface area (Å²) in [6.45, 7) is 4.72. The Morgan fingerprint density at radius 3 is 1.96 bits per heavy atom. The number of aromatic nitrogens is 1. The van der Waals surface area contributed by atoms with Gasteiger partial charge in [-0.2, -0.15) is 0 Å². The van der Waals surface area contributed by atoms with Crippen LogP contribution in [0.1, 0.15) is 47.6 Å². The average molecular weight is 660 g/mol. The molecule has 238 valence electrons. The van der Waals surface area contributed by atoms with E-state index in [2.05, 4.69) is 159 Å². The highest BCUT2D eigenvalue weighted by atomic mass is 32.1. The molecule has 2 nitrogen and oxygen atoms in total. The lowest BCUT2D eigenvalue weighted by Crippen LogP contribution is -2.15. The van der Waals surface area contributed by atoms with Crippen LogP contribution in [0.2, 0.25) is 0 Å². The summed E-state index contributed by atoms with van der Waals surface area (Å²) in [7, 11) is 0. The van der Waals surface area contributed by atoms with Gasteiger partial charge in [0.05, 0.1) is 10.2 Å². The van der Waals surface area contributed by atoms with Crippen LogP contribution in [0, 0.1) is 0 Å². The summed E-state index contributed by atoms with van der Waals surface area (Å²) in [5.74, 6) is 0.0780. The van der Waals surface area contributed by atoms with Crippen LogP contribution in [0.15, 0.2) is 162 Å². The van der Waals surface area contributed by atoms with Crippen LogP contribution in [0.3, 0.4) is 0 Å². The SMILES string of the molecule is CC1(C)c2ccccc2-c2ccc(C(c3ccc(-c4ccccc4)cc3)c3ccc(-c4nc5cc6c(cc5s4)oc4ccccc46)cc3)cc21. The van der Waals surface area contributed by atoms with Gasteiger partial charge >= 0.3 is 0 Å². The van der Waals surface area contributed by atoms with Crippen LogP contribution in [0.25, 0.3) is 65.0 Å². The molecule has 0 saturated carbocycles. The van der Waals surface area contributed by atoms with E-state index in [1.807, 2.05) is 12.1 Å². The highest BCUT2D eigenvalue weighted by Crippen LogP contribution is 2.50. The summed E-state index contributed by atoms with van der Waals surface area (Å²) in [5.41, 5.74) is 15.7. The quantitative estimate of drug-likeness (QED) is 0.172. The third kappa shape index (κ3) is 4.58. The van der Waals surface area contributed by atoms with Crippen LogP contribution in [0.5, 0.6) is 0 Å². The predicted octanol–water partition coefficient (Wildman–Crippen LogP) is 13.0. The Hall–Kier alpha value is -5.77. The molecule has 0 N–H and O–H groups in total. The van der Waals surface area contributed by atoms with E-state index in [0.717, 1.165) is 42.7 Å². The maximum absolute atomic E-state index is 6.17. The molecular weight excluding hydrogens is 627 g/mol. The number of furan rings is 1. The molecule has 10 rings (SSSR count). The Balaban J connectivity index is 1.06. The van der Waals surface area contributed by atoms with E-state index in [1.165, 1.54) is 50.1 Å². The number of para-hydroxylation sites is 1. The van der Waals surface area contributed by atoms with Crippen LogP contribution in [-0.4, -0.2) is 4.98 Å². The van der Waals surface area contributed by atoms with Crippen LogP contribution < -0.4 is 0 Å². The molecule has 0 aliphatic heterocycles. The van der Waals surface area contributed by atoms with Crippen molar-refractivity contribution in [3.8, 4) is 32.8 Å². The lowest BCUT2D eigenvalue weighted by molar-refractivity contribution is 0.659. The lowest BCUT2D eigenvalue weighted by Gasteiger charge is -2.25. The largest absolute Gasteiger partial charge is 0.456 e. The van der Waals surface area contributed by atoms with Crippen molar-refractivity contribution in [2.75, 3.05) is 0 Å². The summed E-state index contributed by atoms with van der Waals surface area (Å²) in [6.07, 6.45) is 0. The highest BCUT2D eigenvalue weighted by Gasteiger charge is 2.36. The van der Waals surface area contributed by atoms with Gasteiger partial charge in [-0.15, -0.1) is 11.3 Å². The maximum Gasteiger partial charge on any atom is 0.136 e. The number of hydrogen-bond acceptors (Lipinski definition) is 3. The van der Waals surface area contributed by atoms with Crippen molar-refractivity contribution in [2.24, 2.45) is 0 Å². The zero-order chi connectivity index (χ0) is 33.4. The summed E-state index contributed by atoms with van der Waals surface area (Å²) < 4.78 is 7.30. The van der Waals surface area contributed by atoms with Crippen LogP contribution in [0.4, 0.5) is 0 Å². The number of hydrogen-bond donors (Lipinski definition) is 0. The summed E-state index contributed by atoms with van der Waals surface area (Å²) in [6, 6.07) is 57.4. The van der Waals surface area contributed by atoms with E-state index in [1.54, 1.807) is 11.3 Å². The second-order valence-electron chi connectivity index (χ2n) is 14.0. The average Bonchev–Trinajstić information content (AvgIpc) is 3.81. The smallest absolute Gasteiger partial charge is 0.136 e. The van der Waals surface area contributed by atoms with Gasteiger partial charge in [0.1, 0.15) is 16.2 Å². The number of nitrogens with zero attached hydrogens (tertiary/aromatic N) is 1. The Morgan fingerprint density at radius 1 is 0.520 bits per heavy atom. The van der Waals surface area contributed by atoms with Gasteiger partial charge in [-0.05, 0) is 62.2 Å². The minimum Gasteiger partial charge on any atom is -0.456 e. The molecule has 0 spiro atoms. The molecular formula is C47H33NOS. The molecule has 50 heavy (non-hydrogen) atoms. The summed E-state index contributed by atoms with van der Waals surface area (Å²) in [5, 5.41) is 3.26. The Morgan fingerprint density at radius 2 is 1.16 bits per heavy atom. The van der Waals surface area contributed by atoms with Crippen LogP contribution in [-0.2, 0) is 5.41 Å². The summed E-state index contributed by atoms with van der Waals surface area (Å²) >= 11 is 1.72. The van der Waals surface area contributed by atoms with Gasteiger partial charge < -0.3 is 4.42 Å². The molecule has 0 radical (unpaired) electrons. The molecule has 3 heteroatoms. The first-order valence-corrected chi connectivity index (χ1v) is 18.0. The molecule has 2 heterocycles. The normalized spacial score (nSPS) is 13.9. The molecule has 1 unspecified atom stereocenters. The van der Waals surface area contributed by atoms with Gasteiger partial charge in [0.25, 0.3) is 0 Å². The minimum absolute atomic E-state index is 0.0618. The second-order valence-corrected chi connectivity index (χ2v) is 15.0. The number of rotatable bonds is 5. The molecule has 0 bridgehead atoms. The molecule has 7 aromatic carbocycles. The van der Waals surface area contributed by atoms with Gasteiger partial charge in [-0.3, -0.25) is 0 Å². The fourth-order valence-electron chi connectivity index (χ4n) is 8.07. The van der Waals surface area contributed by atoms with E-state index in [4.69, 9.17) is 9.40 Å². The minimum atomic E-state index is -0.0618. The molecule has 1 atom stereocenters. The number of thiazole rings is 1. The predicted molar refractivity (Wildman–Crippen MR) is 209 cm³/mol. The van der Waals surface area contributed by atoms with Gasteiger partial charge in [0.2, 0.25) is 0 Å². The van der Waals surface area contributed by atoms with Crippen molar-refractivity contribution >= 4 is 43.5 Å². The fraction of sp³-hybridized carbons (Fsp3) is 0.0851. The first-order valence-electron chi connectivity index (χ1n) is 17.2. The van der Waals surface area contributed by atoms with Gasteiger partial charge in [0.15, 0.2) is 0 Å². The highest BCUT2D eigenvalue weighted by molar-refractivity contribution is 7.21. The molecule has 2 aromatic heterocycles. The van der Waals surface area contributed by atoms with E-state index in [0.29, 0.717) is 0 Å². The first kappa shape index (κ1) is 29.2. The third-order valence-corrected chi connectivity index (χ3v) is 11.7. The van der Waals surface area contributed by atoms with E-state index in [-0.39, 0.29) is 11.3 Å². The lowest BCUT2D eigenvalue weighted by atomic mass is 9.79. The molecule has 9 aromatic rings. The van der Waals surface area contributed by atoms with Crippen molar-refractivity contribution in [1.29, 1.82) is 0 Å². The monoisotopic (exact) mass is 659 g/mol. The van der Waals surface area contributed by atoms with Gasteiger partial charge in [0, 0.05) is 33.7 Å². The zero-order valence-corrected chi connectivity index (χ0v) is 28.7. The zero-order valence-electron chi connectivity index (χ0n) is 27.9. The van der Waals surface area contributed by atoms with Crippen molar-refractivity contribution < 1.29 is 4.42 Å². The number of benzene rings is 7. The van der Waals surface area contributed by atoms with Crippen molar-refractivity contribution in [1.82, 2.24) is 4.98 Å². The Bertz CT molecular complexity index is 2710. The van der Waals surface area contributed by atoms with Crippen LogP contribution >= 0.6 is 11.3 Å². The number of fused-ring (bicyclic) bond motifs is 7. The Kier molecular flexibility index (Phi) is 6.49. The van der Waals surface area contributed by atoms with Crippen molar-refractivity contribution in [2.45, 2.75) is 25.2 Å². The first-order chi connectivity index (χ1) is 24.5. The van der Waals surface area contributed by atoms with Crippen molar-refractivity contribution in [3.05, 3.63) is 186 Å². The molecule has 0 amide bonds. The van der Waals surface area contributed by atoms with E-state index >= 15 is 0 Å². The topological polar surface area (TPSA) is 26.0 Å². The van der Waals surface area contributed by atoms with Gasteiger partial charge in [-0.25, -0.2) is 4.98 Å². The molecule has 0 fully saturated rings. The third-order valence-electron chi connectivity index (χ3n) is 10.7. The van der Waals surface area contributed by atoms with E-state index < -0.39 is 0 Å². The van der Waals surface area contributed by atoms with E-state index in [9.17, 15) is 0 Å². The molecule has 1 aliphatic rings. The summed E-state index contributed by atoms with van der Waals surface area (Å²) in [4.78, 5) is 5.10. The molecule has 0 saturated heterocycles.